The van der Waals surface area contributed by atoms with Crippen LogP contribution in [0.25, 0.3) is 0 Å². The van der Waals surface area contributed by atoms with Crippen molar-refractivity contribution in [3.8, 4) is 0 Å². The molecule has 136 valence electrons. The van der Waals surface area contributed by atoms with Gasteiger partial charge in [0.05, 0.1) is 12.6 Å². The standard InChI is InChI=1S/C18H24N2O5/c1-18(2,3)25-17(22)20-15-10-19(9-14(15)12-24-20)16(21)23-11-13-7-5-4-6-8-13/h4-8,14-15H,9-12H2,1-3H3/t14-,15+/m0/s1. The predicted molar refractivity (Wildman–Crippen MR) is 89.5 cm³/mol. The van der Waals surface area contributed by atoms with Crippen molar-refractivity contribution in [3.63, 3.8) is 0 Å². The Balaban J connectivity index is 1.54. The Hall–Kier alpha value is -2.28. The summed E-state index contributed by atoms with van der Waals surface area (Å²) in [5.41, 5.74) is 0.347. The van der Waals surface area contributed by atoms with Crippen LogP contribution < -0.4 is 0 Å². The number of fused-ring (bicyclic) bond motifs is 1. The van der Waals surface area contributed by atoms with Gasteiger partial charge in [0.25, 0.3) is 0 Å². The average molecular weight is 348 g/mol. The van der Waals surface area contributed by atoms with Gasteiger partial charge in [-0.05, 0) is 26.3 Å². The highest BCUT2D eigenvalue weighted by atomic mass is 16.7. The molecule has 7 nitrogen and oxygen atoms in total. The van der Waals surface area contributed by atoms with Crippen LogP contribution >= 0.6 is 0 Å². The van der Waals surface area contributed by atoms with Gasteiger partial charge in [-0.2, -0.15) is 5.06 Å². The fraction of sp³-hybridized carbons (Fsp3) is 0.556. The number of rotatable bonds is 2. The summed E-state index contributed by atoms with van der Waals surface area (Å²) in [6, 6.07) is 9.34. The Morgan fingerprint density at radius 3 is 2.56 bits per heavy atom. The number of nitrogens with zero attached hydrogens (tertiary/aromatic N) is 2. The van der Waals surface area contributed by atoms with Crippen molar-refractivity contribution < 1.29 is 23.9 Å². The number of hydroxylamine groups is 2. The lowest BCUT2D eigenvalue weighted by molar-refractivity contribution is -0.126. The smallest absolute Gasteiger partial charge is 0.434 e. The molecule has 0 saturated carbocycles. The van der Waals surface area contributed by atoms with Gasteiger partial charge in [0.1, 0.15) is 12.2 Å². The predicted octanol–water partition coefficient (Wildman–Crippen LogP) is 2.81. The van der Waals surface area contributed by atoms with Crippen molar-refractivity contribution in [2.24, 2.45) is 5.92 Å². The Bertz CT molecular complexity index is 628. The third kappa shape index (κ3) is 4.22. The number of hydrogen-bond acceptors (Lipinski definition) is 5. The number of ether oxygens (including phenoxy) is 2. The number of amides is 2. The normalized spacial score (nSPS) is 22.7. The van der Waals surface area contributed by atoms with E-state index in [-0.39, 0.29) is 24.7 Å². The zero-order valence-corrected chi connectivity index (χ0v) is 14.8. The van der Waals surface area contributed by atoms with Crippen LogP contribution in [0, 0.1) is 5.92 Å². The van der Waals surface area contributed by atoms with Crippen molar-refractivity contribution in [2.45, 2.75) is 39.0 Å². The summed E-state index contributed by atoms with van der Waals surface area (Å²) in [6.45, 7) is 6.94. The maximum absolute atomic E-state index is 12.3. The molecular weight excluding hydrogens is 324 g/mol. The molecule has 3 rings (SSSR count). The molecule has 2 fully saturated rings. The molecule has 2 atom stereocenters. The first-order valence-corrected chi connectivity index (χ1v) is 8.44. The molecule has 0 radical (unpaired) electrons. The zero-order chi connectivity index (χ0) is 18.0. The van der Waals surface area contributed by atoms with Crippen molar-refractivity contribution in [3.05, 3.63) is 35.9 Å². The van der Waals surface area contributed by atoms with E-state index < -0.39 is 11.7 Å². The highest BCUT2D eigenvalue weighted by Gasteiger charge is 2.48. The molecule has 0 N–H and O–H groups in total. The second-order valence-electron chi connectivity index (χ2n) is 7.37. The van der Waals surface area contributed by atoms with E-state index in [9.17, 15) is 9.59 Å². The fourth-order valence-corrected chi connectivity index (χ4v) is 3.01. The molecule has 0 aliphatic carbocycles. The Labute approximate surface area is 147 Å². The van der Waals surface area contributed by atoms with Gasteiger partial charge in [-0.3, -0.25) is 4.84 Å². The van der Waals surface area contributed by atoms with Crippen LogP contribution in [0.1, 0.15) is 26.3 Å². The van der Waals surface area contributed by atoms with Gasteiger partial charge in [0.2, 0.25) is 0 Å². The first-order valence-electron chi connectivity index (χ1n) is 8.44. The monoisotopic (exact) mass is 348 g/mol. The van der Waals surface area contributed by atoms with E-state index in [0.29, 0.717) is 19.7 Å². The van der Waals surface area contributed by atoms with Crippen LogP contribution in [0.2, 0.25) is 0 Å². The summed E-state index contributed by atoms with van der Waals surface area (Å²) in [4.78, 5) is 31.6. The quantitative estimate of drug-likeness (QED) is 0.822. The van der Waals surface area contributed by atoms with Crippen LogP contribution in [0.5, 0.6) is 0 Å². The van der Waals surface area contributed by atoms with Gasteiger partial charge in [-0.1, -0.05) is 30.3 Å². The molecule has 7 heteroatoms. The number of hydrogen-bond donors (Lipinski definition) is 0. The van der Waals surface area contributed by atoms with Gasteiger partial charge in [-0.15, -0.1) is 0 Å². The minimum atomic E-state index is -0.592. The SMILES string of the molecule is CC(C)(C)OC(=O)N1OC[C@@H]2CN(C(=O)OCc3ccccc3)C[C@H]21. The van der Waals surface area contributed by atoms with Crippen molar-refractivity contribution >= 4 is 12.2 Å². The van der Waals surface area contributed by atoms with E-state index in [4.69, 9.17) is 14.3 Å². The molecule has 2 amide bonds. The first kappa shape index (κ1) is 17.5. The summed E-state index contributed by atoms with van der Waals surface area (Å²) in [5.74, 6) is 0.0804. The topological polar surface area (TPSA) is 68.3 Å². The summed E-state index contributed by atoms with van der Waals surface area (Å²) in [6.07, 6.45) is -0.887. The Morgan fingerprint density at radius 2 is 1.88 bits per heavy atom. The maximum Gasteiger partial charge on any atom is 0.434 e. The highest BCUT2D eigenvalue weighted by Crippen LogP contribution is 2.30. The minimum absolute atomic E-state index is 0.0804. The Kier molecular flexibility index (Phi) is 4.85. The molecule has 2 heterocycles. The number of likely N-dealkylation sites (tertiary alicyclic amines) is 1. The molecule has 0 bridgehead atoms. The van der Waals surface area contributed by atoms with Crippen LogP contribution in [0.4, 0.5) is 9.59 Å². The van der Waals surface area contributed by atoms with Crippen LogP contribution in [-0.2, 0) is 20.9 Å². The second kappa shape index (κ2) is 6.92. The molecule has 0 aromatic heterocycles. The Morgan fingerprint density at radius 1 is 1.16 bits per heavy atom. The molecule has 2 saturated heterocycles. The molecule has 2 aliphatic heterocycles. The van der Waals surface area contributed by atoms with Crippen LogP contribution in [0.3, 0.4) is 0 Å². The lowest BCUT2D eigenvalue weighted by Crippen LogP contribution is -2.42. The summed E-state index contributed by atoms with van der Waals surface area (Å²) in [5, 5.41) is 1.26. The van der Waals surface area contributed by atoms with Crippen molar-refractivity contribution in [2.75, 3.05) is 19.7 Å². The van der Waals surface area contributed by atoms with Gasteiger partial charge >= 0.3 is 12.2 Å². The van der Waals surface area contributed by atoms with Gasteiger partial charge in [-0.25, -0.2) is 9.59 Å². The maximum atomic E-state index is 12.3. The third-order valence-electron chi connectivity index (χ3n) is 4.17. The van der Waals surface area contributed by atoms with E-state index in [1.54, 1.807) is 25.7 Å². The molecule has 1 aromatic rings. The molecular formula is C18H24N2O5. The lowest BCUT2D eigenvalue weighted by Gasteiger charge is -2.27. The van der Waals surface area contributed by atoms with Crippen molar-refractivity contribution in [1.29, 1.82) is 0 Å². The number of carbonyl (C=O) groups excluding carboxylic acids is 2. The van der Waals surface area contributed by atoms with E-state index in [1.807, 2.05) is 30.3 Å². The average Bonchev–Trinajstić information content (AvgIpc) is 3.12. The highest BCUT2D eigenvalue weighted by molar-refractivity contribution is 5.70. The second-order valence-corrected chi connectivity index (χ2v) is 7.37. The van der Waals surface area contributed by atoms with E-state index in [1.165, 1.54) is 5.06 Å². The molecule has 2 aliphatic rings. The van der Waals surface area contributed by atoms with Gasteiger partial charge < -0.3 is 14.4 Å². The van der Waals surface area contributed by atoms with Crippen molar-refractivity contribution in [1.82, 2.24) is 9.96 Å². The number of benzene rings is 1. The van der Waals surface area contributed by atoms with E-state index in [2.05, 4.69) is 0 Å². The molecule has 1 aromatic carbocycles. The van der Waals surface area contributed by atoms with Gasteiger partial charge in [0, 0.05) is 19.0 Å². The summed E-state index contributed by atoms with van der Waals surface area (Å²) in [7, 11) is 0. The number of carbonyl (C=O) groups is 2. The fourth-order valence-electron chi connectivity index (χ4n) is 3.01. The largest absolute Gasteiger partial charge is 0.445 e. The van der Waals surface area contributed by atoms with Crippen LogP contribution in [0.15, 0.2) is 30.3 Å². The third-order valence-corrected chi connectivity index (χ3v) is 4.17. The minimum Gasteiger partial charge on any atom is -0.445 e. The molecule has 0 spiro atoms. The first-order chi connectivity index (χ1) is 11.8. The van der Waals surface area contributed by atoms with E-state index in [0.717, 1.165) is 5.56 Å². The molecule has 0 unspecified atom stereocenters. The van der Waals surface area contributed by atoms with E-state index >= 15 is 0 Å². The van der Waals surface area contributed by atoms with Crippen LogP contribution in [-0.4, -0.2) is 53.5 Å². The summed E-state index contributed by atoms with van der Waals surface area (Å²) >= 11 is 0. The summed E-state index contributed by atoms with van der Waals surface area (Å²) < 4.78 is 10.7. The zero-order valence-electron chi connectivity index (χ0n) is 14.8. The van der Waals surface area contributed by atoms with Gasteiger partial charge in [0.15, 0.2) is 0 Å². The lowest BCUT2D eigenvalue weighted by atomic mass is 10.1. The molecule has 25 heavy (non-hydrogen) atoms.